The SMILES string of the molecule is CSc1ccc(S(=O)(=O)N(CC(=O)N(Cc2cccc(Br)c2)[C@H](Cc2ccccc2)C(=O)NC2CCCC2)c2ccc(C)cc2)cc1. The summed E-state index contributed by atoms with van der Waals surface area (Å²) in [6.07, 6.45) is 6.12. The van der Waals surface area contributed by atoms with E-state index in [1.54, 1.807) is 41.3 Å². The number of aryl methyl sites for hydroxylation is 1. The van der Waals surface area contributed by atoms with Crippen molar-refractivity contribution in [1.29, 1.82) is 0 Å². The largest absolute Gasteiger partial charge is 0.352 e. The Kier molecular flexibility index (Phi) is 11.8. The molecule has 1 N–H and O–H groups in total. The Labute approximate surface area is 290 Å². The van der Waals surface area contributed by atoms with Crippen LogP contribution in [0.2, 0.25) is 0 Å². The molecule has 0 saturated heterocycles. The van der Waals surface area contributed by atoms with E-state index in [0.717, 1.165) is 56.0 Å². The highest BCUT2D eigenvalue weighted by Gasteiger charge is 2.35. The second-order valence-corrected chi connectivity index (χ2v) is 15.5. The standard InChI is InChI=1S/C37H40BrN3O4S2/c1-27-15-17-32(18-16-27)41(47(44,45)34-21-19-33(46-2)20-22-34)26-36(42)40(25-29-11-8-12-30(38)23-29)35(24-28-9-4-3-5-10-28)37(43)39-31-13-6-7-14-31/h3-5,8-12,15-23,31,35H,6-7,13-14,24-26H2,1-2H3,(H,39,43)/t35-/m1/s1. The number of amides is 2. The summed E-state index contributed by atoms with van der Waals surface area (Å²) in [5.41, 5.74) is 3.06. The predicted octanol–water partition coefficient (Wildman–Crippen LogP) is 7.37. The predicted molar refractivity (Wildman–Crippen MR) is 193 cm³/mol. The van der Waals surface area contributed by atoms with E-state index in [2.05, 4.69) is 21.2 Å². The van der Waals surface area contributed by atoms with Gasteiger partial charge in [0.25, 0.3) is 10.0 Å². The van der Waals surface area contributed by atoms with E-state index in [1.165, 1.54) is 11.8 Å². The second kappa shape index (κ2) is 16.0. The highest BCUT2D eigenvalue weighted by Crippen LogP contribution is 2.27. The quantitative estimate of drug-likeness (QED) is 0.145. The molecule has 0 bridgehead atoms. The summed E-state index contributed by atoms with van der Waals surface area (Å²) in [4.78, 5) is 31.4. The van der Waals surface area contributed by atoms with E-state index in [4.69, 9.17) is 0 Å². The summed E-state index contributed by atoms with van der Waals surface area (Å²) < 4.78 is 30.5. The second-order valence-electron chi connectivity index (χ2n) is 11.9. The number of thioether (sulfide) groups is 1. The van der Waals surface area contributed by atoms with Gasteiger partial charge in [-0.1, -0.05) is 88.9 Å². The lowest BCUT2D eigenvalue weighted by molar-refractivity contribution is -0.140. The summed E-state index contributed by atoms with van der Waals surface area (Å²) in [5, 5.41) is 3.21. The summed E-state index contributed by atoms with van der Waals surface area (Å²) >= 11 is 5.05. The summed E-state index contributed by atoms with van der Waals surface area (Å²) in [6.45, 7) is 1.56. The first-order chi connectivity index (χ1) is 22.6. The molecule has 5 rings (SSSR count). The monoisotopic (exact) mass is 733 g/mol. The summed E-state index contributed by atoms with van der Waals surface area (Å²) in [5.74, 6) is -0.709. The van der Waals surface area contributed by atoms with Crippen molar-refractivity contribution in [3.05, 3.63) is 124 Å². The van der Waals surface area contributed by atoms with Crippen molar-refractivity contribution in [2.75, 3.05) is 17.1 Å². The number of benzene rings is 4. The summed E-state index contributed by atoms with van der Waals surface area (Å²) in [7, 11) is -4.16. The van der Waals surface area contributed by atoms with E-state index in [9.17, 15) is 18.0 Å². The maximum atomic E-state index is 14.7. The normalized spacial score (nSPS) is 14.0. The molecular formula is C37H40BrN3O4S2. The van der Waals surface area contributed by atoms with Crippen molar-refractivity contribution >= 4 is 55.2 Å². The molecule has 10 heteroatoms. The van der Waals surface area contributed by atoms with Gasteiger partial charge in [-0.25, -0.2) is 8.42 Å². The zero-order valence-corrected chi connectivity index (χ0v) is 29.9. The van der Waals surface area contributed by atoms with Gasteiger partial charge in [0.15, 0.2) is 0 Å². The molecule has 1 aliphatic rings. The first kappa shape index (κ1) is 34.7. The zero-order chi connectivity index (χ0) is 33.4. The van der Waals surface area contributed by atoms with Crippen LogP contribution < -0.4 is 9.62 Å². The van der Waals surface area contributed by atoms with Gasteiger partial charge >= 0.3 is 0 Å². The number of carbonyl (C=O) groups is 2. The van der Waals surface area contributed by atoms with Crippen LogP contribution in [0, 0.1) is 6.92 Å². The first-order valence-corrected chi connectivity index (χ1v) is 19.2. The number of rotatable bonds is 13. The van der Waals surface area contributed by atoms with Gasteiger partial charge in [0.2, 0.25) is 11.8 Å². The highest BCUT2D eigenvalue weighted by molar-refractivity contribution is 9.10. The minimum atomic E-state index is -4.16. The van der Waals surface area contributed by atoms with Crippen LogP contribution in [0.4, 0.5) is 5.69 Å². The van der Waals surface area contributed by atoms with Crippen molar-refractivity contribution in [1.82, 2.24) is 10.2 Å². The van der Waals surface area contributed by atoms with Crippen LogP contribution in [-0.2, 0) is 32.6 Å². The van der Waals surface area contributed by atoms with Gasteiger partial charge in [0, 0.05) is 28.4 Å². The molecule has 7 nitrogen and oxygen atoms in total. The van der Waals surface area contributed by atoms with Gasteiger partial charge in [-0.15, -0.1) is 11.8 Å². The average molecular weight is 735 g/mol. The average Bonchev–Trinajstić information content (AvgIpc) is 3.59. The van der Waals surface area contributed by atoms with Crippen molar-refractivity contribution < 1.29 is 18.0 Å². The molecule has 1 aliphatic carbocycles. The lowest BCUT2D eigenvalue weighted by Crippen LogP contribution is -2.54. The molecule has 2 amide bonds. The van der Waals surface area contributed by atoms with Gasteiger partial charge in [0.05, 0.1) is 10.6 Å². The van der Waals surface area contributed by atoms with E-state index in [1.807, 2.05) is 79.9 Å². The van der Waals surface area contributed by atoms with E-state index >= 15 is 0 Å². The molecule has 0 radical (unpaired) electrons. The summed E-state index contributed by atoms with van der Waals surface area (Å²) in [6, 6.07) is 30.1. The molecule has 47 heavy (non-hydrogen) atoms. The first-order valence-electron chi connectivity index (χ1n) is 15.8. The number of anilines is 1. The van der Waals surface area contributed by atoms with Crippen LogP contribution in [0.3, 0.4) is 0 Å². The molecule has 0 spiro atoms. The number of halogens is 1. The number of hydrogen-bond acceptors (Lipinski definition) is 5. The Balaban J connectivity index is 1.56. The Morgan fingerprint density at radius 1 is 0.894 bits per heavy atom. The van der Waals surface area contributed by atoms with Gasteiger partial charge in [-0.2, -0.15) is 0 Å². The fourth-order valence-corrected chi connectivity index (χ4v) is 8.14. The lowest BCUT2D eigenvalue weighted by Gasteiger charge is -2.34. The van der Waals surface area contributed by atoms with E-state index in [-0.39, 0.29) is 29.8 Å². The van der Waals surface area contributed by atoms with Gasteiger partial charge < -0.3 is 10.2 Å². The molecule has 1 atom stereocenters. The van der Waals surface area contributed by atoms with Crippen molar-refractivity contribution in [3.63, 3.8) is 0 Å². The van der Waals surface area contributed by atoms with Crippen LogP contribution in [0.1, 0.15) is 42.4 Å². The van der Waals surface area contributed by atoms with Gasteiger partial charge in [0.1, 0.15) is 12.6 Å². The number of sulfonamides is 1. The maximum Gasteiger partial charge on any atom is 0.264 e. The topological polar surface area (TPSA) is 86.8 Å². The molecule has 0 heterocycles. The van der Waals surface area contributed by atoms with Gasteiger partial charge in [-0.05, 0) is 85.7 Å². The third-order valence-electron chi connectivity index (χ3n) is 8.46. The van der Waals surface area contributed by atoms with Crippen molar-refractivity contribution in [2.45, 2.75) is 67.4 Å². The zero-order valence-electron chi connectivity index (χ0n) is 26.6. The number of nitrogens with one attached hydrogen (secondary N) is 1. The number of carbonyl (C=O) groups excluding carboxylic acids is 2. The third kappa shape index (κ3) is 9.06. The minimum Gasteiger partial charge on any atom is -0.352 e. The van der Waals surface area contributed by atoms with E-state index in [0.29, 0.717) is 5.69 Å². The third-order valence-corrected chi connectivity index (χ3v) is 11.5. The van der Waals surface area contributed by atoms with E-state index < -0.39 is 28.5 Å². The van der Waals surface area contributed by atoms with Crippen LogP contribution in [0.25, 0.3) is 0 Å². The van der Waals surface area contributed by atoms with Crippen molar-refractivity contribution in [2.24, 2.45) is 0 Å². The minimum absolute atomic E-state index is 0.0530. The molecule has 0 aromatic heterocycles. The Morgan fingerprint density at radius 3 is 2.19 bits per heavy atom. The number of nitrogens with zero attached hydrogens (tertiary/aromatic N) is 2. The fourth-order valence-electron chi connectivity index (χ4n) is 5.87. The smallest absolute Gasteiger partial charge is 0.264 e. The molecule has 4 aromatic carbocycles. The van der Waals surface area contributed by atoms with Crippen LogP contribution in [0.5, 0.6) is 0 Å². The molecule has 1 fully saturated rings. The van der Waals surface area contributed by atoms with Crippen LogP contribution in [-0.4, -0.2) is 50.0 Å². The Morgan fingerprint density at radius 2 is 1.55 bits per heavy atom. The molecule has 0 aliphatic heterocycles. The van der Waals surface area contributed by atoms with Crippen molar-refractivity contribution in [3.8, 4) is 0 Å². The molecule has 246 valence electrons. The number of hydrogen-bond donors (Lipinski definition) is 1. The molecule has 1 saturated carbocycles. The van der Waals surface area contributed by atoms with Gasteiger partial charge in [-0.3, -0.25) is 13.9 Å². The lowest BCUT2D eigenvalue weighted by atomic mass is 10.0. The fraction of sp³-hybridized carbons (Fsp3) is 0.297. The highest BCUT2D eigenvalue weighted by atomic mass is 79.9. The molecule has 0 unspecified atom stereocenters. The molecule has 4 aromatic rings. The Bertz CT molecular complexity index is 1760. The molecular weight excluding hydrogens is 694 g/mol. The van der Waals surface area contributed by atoms with Crippen LogP contribution in [0.15, 0.2) is 117 Å². The Hall–Kier alpha value is -3.60. The van der Waals surface area contributed by atoms with Crippen LogP contribution >= 0.6 is 27.7 Å². The maximum absolute atomic E-state index is 14.7.